The highest BCUT2D eigenvalue weighted by atomic mass is 32.2. The summed E-state index contributed by atoms with van der Waals surface area (Å²) in [5, 5.41) is 16.4. The van der Waals surface area contributed by atoms with Crippen molar-refractivity contribution in [2.45, 2.75) is 37.3 Å². The van der Waals surface area contributed by atoms with Gasteiger partial charge in [0.15, 0.2) is 11.0 Å². The lowest BCUT2D eigenvalue weighted by molar-refractivity contribution is -0.120. The Hall–Kier alpha value is -3.39. The highest BCUT2D eigenvalue weighted by Crippen LogP contribution is 2.23. The molecular formula is C23H26N6OS. The van der Waals surface area contributed by atoms with Crippen molar-refractivity contribution < 1.29 is 4.79 Å². The van der Waals surface area contributed by atoms with Crippen LogP contribution in [0.3, 0.4) is 0 Å². The number of rotatable bonds is 10. The molecule has 1 aromatic heterocycles. The molecule has 0 spiro atoms. The van der Waals surface area contributed by atoms with Crippen molar-refractivity contribution in [3.8, 4) is 0 Å². The minimum absolute atomic E-state index is 0.197. The van der Waals surface area contributed by atoms with E-state index in [9.17, 15) is 4.79 Å². The maximum atomic E-state index is 12.5. The fourth-order valence-electron chi connectivity index (χ4n) is 2.77. The molecular weight excluding hydrogens is 408 g/mol. The molecule has 0 bridgehead atoms. The second-order valence-corrected chi connectivity index (χ2v) is 8.12. The second kappa shape index (κ2) is 11.1. The Labute approximate surface area is 186 Å². The molecule has 0 unspecified atom stereocenters. The zero-order valence-electron chi connectivity index (χ0n) is 17.7. The molecule has 7 nitrogen and oxygen atoms in total. The zero-order valence-corrected chi connectivity index (χ0v) is 18.5. The number of anilines is 1. The van der Waals surface area contributed by atoms with Gasteiger partial charge in [-0.2, -0.15) is 5.10 Å². The van der Waals surface area contributed by atoms with Crippen LogP contribution in [0.4, 0.5) is 5.69 Å². The van der Waals surface area contributed by atoms with E-state index in [1.807, 2.05) is 79.1 Å². The average molecular weight is 435 g/mol. The van der Waals surface area contributed by atoms with Crippen molar-refractivity contribution in [2.75, 3.05) is 5.32 Å². The standard InChI is InChI=1S/C23H26N6OS/c1-4-15-29-21(16-24-20-13-9-6-10-14-20)26-28-23(29)31-18(3)22(30)27-25-17(2)19-11-7-5-8-12-19/h4-14,18,24H,1,15-16H2,2-3H3,(H,27,30)/b25-17-/t18-/m0/s1. The minimum atomic E-state index is -0.393. The number of nitrogens with one attached hydrogen (secondary N) is 2. The molecule has 0 saturated heterocycles. The Bertz CT molecular complexity index is 1030. The van der Waals surface area contributed by atoms with E-state index in [-0.39, 0.29) is 5.91 Å². The van der Waals surface area contributed by atoms with Crippen LogP contribution in [0.5, 0.6) is 0 Å². The molecule has 3 rings (SSSR count). The third kappa shape index (κ3) is 6.29. The normalized spacial score (nSPS) is 12.3. The first-order valence-electron chi connectivity index (χ1n) is 9.96. The van der Waals surface area contributed by atoms with Gasteiger partial charge in [0.05, 0.1) is 17.5 Å². The molecule has 0 aliphatic heterocycles. The van der Waals surface area contributed by atoms with Gasteiger partial charge in [0.25, 0.3) is 5.91 Å². The van der Waals surface area contributed by atoms with Crippen molar-refractivity contribution in [1.82, 2.24) is 20.2 Å². The van der Waals surface area contributed by atoms with E-state index in [1.54, 1.807) is 6.08 Å². The first-order valence-corrected chi connectivity index (χ1v) is 10.8. The molecule has 31 heavy (non-hydrogen) atoms. The number of thioether (sulfide) groups is 1. The molecule has 2 N–H and O–H groups in total. The van der Waals surface area contributed by atoms with E-state index in [4.69, 9.17) is 0 Å². The molecule has 1 amide bonds. The summed E-state index contributed by atoms with van der Waals surface area (Å²) < 4.78 is 1.95. The minimum Gasteiger partial charge on any atom is -0.378 e. The number of aromatic nitrogens is 3. The van der Waals surface area contributed by atoms with E-state index in [0.29, 0.717) is 18.2 Å². The number of amides is 1. The van der Waals surface area contributed by atoms with Crippen LogP contribution in [0.25, 0.3) is 0 Å². The van der Waals surface area contributed by atoms with Crippen LogP contribution in [0.2, 0.25) is 0 Å². The fourth-order valence-corrected chi connectivity index (χ4v) is 3.64. The van der Waals surface area contributed by atoms with Crippen LogP contribution in [0.15, 0.2) is 83.6 Å². The van der Waals surface area contributed by atoms with Gasteiger partial charge in [-0.3, -0.25) is 4.79 Å². The van der Waals surface area contributed by atoms with Crippen molar-refractivity contribution in [3.63, 3.8) is 0 Å². The Morgan fingerprint density at radius 3 is 2.52 bits per heavy atom. The van der Waals surface area contributed by atoms with Crippen molar-refractivity contribution in [1.29, 1.82) is 0 Å². The van der Waals surface area contributed by atoms with Crippen LogP contribution in [0.1, 0.15) is 25.2 Å². The number of nitrogens with zero attached hydrogens (tertiary/aromatic N) is 4. The van der Waals surface area contributed by atoms with Crippen LogP contribution >= 0.6 is 11.8 Å². The van der Waals surface area contributed by atoms with E-state index in [1.165, 1.54) is 11.8 Å². The van der Waals surface area contributed by atoms with E-state index >= 15 is 0 Å². The third-order valence-electron chi connectivity index (χ3n) is 4.51. The molecule has 2 aromatic carbocycles. The highest BCUT2D eigenvalue weighted by molar-refractivity contribution is 8.00. The predicted octanol–water partition coefficient (Wildman–Crippen LogP) is 4.10. The summed E-state index contributed by atoms with van der Waals surface area (Å²) in [7, 11) is 0. The molecule has 0 radical (unpaired) electrons. The first-order chi connectivity index (χ1) is 15.1. The van der Waals surface area contributed by atoms with Crippen molar-refractivity contribution in [3.05, 3.63) is 84.7 Å². The second-order valence-electron chi connectivity index (χ2n) is 6.82. The van der Waals surface area contributed by atoms with E-state index in [2.05, 4.69) is 32.6 Å². The number of carbonyl (C=O) groups is 1. The zero-order chi connectivity index (χ0) is 22.1. The van der Waals surface area contributed by atoms with Gasteiger partial charge in [0, 0.05) is 12.2 Å². The van der Waals surface area contributed by atoms with Gasteiger partial charge in [-0.05, 0) is 31.5 Å². The third-order valence-corrected chi connectivity index (χ3v) is 5.59. The van der Waals surface area contributed by atoms with Crippen LogP contribution in [-0.2, 0) is 17.9 Å². The van der Waals surface area contributed by atoms with Crippen LogP contribution < -0.4 is 10.7 Å². The summed E-state index contributed by atoms with van der Waals surface area (Å²) in [6, 6.07) is 19.6. The summed E-state index contributed by atoms with van der Waals surface area (Å²) >= 11 is 1.34. The van der Waals surface area contributed by atoms with Crippen LogP contribution in [0, 0.1) is 0 Å². The van der Waals surface area contributed by atoms with Gasteiger partial charge in [0.1, 0.15) is 0 Å². The Morgan fingerprint density at radius 2 is 1.84 bits per heavy atom. The summed E-state index contributed by atoms with van der Waals surface area (Å²) in [4.78, 5) is 12.5. The smallest absolute Gasteiger partial charge is 0.253 e. The van der Waals surface area contributed by atoms with E-state index in [0.717, 1.165) is 22.8 Å². The van der Waals surface area contributed by atoms with Gasteiger partial charge in [0.2, 0.25) is 0 Å². The summed E-state index contributed by atoms with van der Waals surface area (Å²) in [5.41, 5.74) is 5.36. The van der Waals surface area contributed by atoms with Crippen LogP contribution in [-0.4, -0.2) is 31.6 Å². The molecule has 1 heterocycles. The lowest BCUT2D eigenvalue weighted by atomic mass is 10.1. The maximum Gasteiger partial charge on any atom is 0.253 e. The number of carbonyl (C=O) groups excluding carboxylic acids is 1. The average Bonchev–Trinajstić information content (AvgIpc) is 3.18. The number of para-hydroxylation sites is 1. The molecule has 0 aliphatic carbocycles. The molecule has 0 aliphatic rings. The Kier molecular flexibility index (Phi) is 8.00. The Balaban J connectivity index is 1.63. The number of allylic oxidation sites excluding steroid dienone is 1. The molecule has 160 valence electrons. The number of hydrazone groups is 1. The summed E-state index contributed by atoms with van der Waals surface area (Å²) in [5.74, 6) is 0.578. The SMILES string of the molecule is C=CCn1c(CNc2ccccc2)nnc1S[C@@H](C)C(=O)N/N=C(/C)c1ccccc1. The van der Waals surface area contributed by atoms with E-state index < -0.39 is 5.25 Å². The molecule has 1 atom stereocenters. The van der Waals surface area contributed by atoms with Gasteiger partial charge >= 0.3 is 0 Å². The number of benzene rings is 2. The quantitative estimate of drug-likeness (QED) is 0.217. The van der Waals surface area contributed by atoms with Gasteiger partial charge in [-0.15, -0.1) is 16.8 Å². The monoisotopic (exact) mass is 434 g/mol. The summed E-state index contributed by atoms with van der Waals surface area (Å²) in [6.07, 6.45) is 1.79. The first kappa shape index (κ1) is 22.3. The molecule has 8 heteroatoms. The van der Waals surface area contributed by atoms with Crippen molar-refractivity contribution >= 4 is 29.1 Å². The molecule has 3 aromatic rings. The Morgan fingerprint density at radius 1 is 1.16 bits per heavy atom. The summed E-state index contributed by atoms with van der Waals surface area (Å²) in [6.45, 7) is 8.58. The number of hydrogen-bond donors (Lipinski definition) is 2. The highest BCUT2D eigenvalue weighted by Gasteiger charge is 2.19. The molecule has 0 saturated carbocycles. The van der Waals surface area contributed by atoms with Crippen molar-refractivity contribution in [2.24, 2.45) is 5.10 Å². The lowest BCUT2D eigenvalue weighted by Crippen LogP contribution is -2.28. The van der Waals surface area contributed by atoms with Gasteiger partial charge in [-0.25, -0.2) is 5.43 Å². The predicted molar refractivity (Wildman–Crippen MR) is 126 cm³/mol. The lowest BCUT2D eigenvalue weighted by Gasteiger charge is -2.12. The number of hydrogen-bond acceptors (Lipinski definition) is 6. The fraction of sp³-hybridized carbons (Fsp3) is 0.217. The van der Waals surface area contributed by atoms with Gasteiger partial charge in [-0.1, -0.05) is 66.4 Å². The largest absolute Gasteiger partial charge is 0.378 e. The van der Waals surface area contributed by atoms with Gasteiger partial charge < -0.3 is 9.88 Å². The molecule has 0 fully saturated rings. The topological polar surface area (TPSA) is 84.2 Å². The maximum absolute atomic E-state index is 12.5.